The van der Waals surface area contributed by atoms with Gasteiger partial charge in [-0.3, -0.25) is 0 Å². The molecule has 2 aromatic rings. The fourth-order valence-electron chi connectivity index (χ4n) is 3.84. The molecule has 1 heterocycles. The van der Waals surface area contributed by atoms with Gasteiger partial charge in [0.25, 0.3) is 0 Å². The highest BCUT2D eigenvalue weighted by Gasteiger charge is 2.40. The van der Waals surface area contributed by atoms with Crippen LogP contribution in [0.15, 0.2) is 42.5 Å². The molecule has 1 fully saturated rings. The highest BCUT2D eigenvalue weighted by atomic mass is 19.4. The van der Waals surface area contributed by atoms with Crippen LogP contribution >= 0.6 is 0 Å². The number of nitrogens with one attached hydrogen (secondary N) is 1. The summed E-state index contributed by atoms with van der Waals surface area (Å²) in [5, 5.41) is 24.0. The minimum atomic E-state index is -4.41. The number of methoxy groups -OCH3 is 1. The summed E-state index contributed by atoms with van der Waals surface area (Å²) in [6.45, 7) is 1.91. The van der Waals surface area contributed by atoms with Gasteiger partial charge >= 0.3 is 6.18 Å². The van der Waals surface area contributed by atoms with Crippen LogP contribution in [0, 0.1) is 11.3 Å². The van der Waals surface area contributed by atoms with Gasteiger partial charge in [-0.2, -0.15) is 18.4 Å². The first-order valence-corrected chi connectivity index (χ1v) is 8.90. The van der Waals surface area contributed by atoms with Crippen molar-refractivity contribution in [2.24, 2.45) is 0 Å². The van der Waals surface area contributed by atoms with Gasteiger partial charge in [-0.25, -0.2) is 0 Å². The summed E-state index contributed by atoms with van der Waals surface area (Å²) in [6.07, 6.45) is -3.77. The summed E-state index contributed by atoms with van der Waals surface area (Å²) in [6, 6.07) is 11.7. The Labute approximate surface area is 161 Å². The number of ether oxygens (including phenoxy) is 1. The largest absolute Gasteiger partial charge is 0.495 e. The van der Waals surface area contributed by atoms with Gasteiger partial charge in [0.1, 0.15) is 11.8 Å². The van der Waals surface area contributed by atoms with Gasteiger partial charge in [0.15, 0.2) is 0 Å². The molecule has 0 spiro atoms. The van der Waals surface area contributed by atoms with E-state index >= 15 is 0 Å². The van der Waals surface area contributed by atoms with E-state index in [1.54, 1.807) is 12.1 Å². The number of rotatable bonds is 3. The number of benzene rings is 2. The van der Waals surface area contributed by atoms with E-state index in [0.29, 0.717) is 23.3 Å². The molecular weight excluding hydrogens is 369 g/mol. The zero-order chi connectivity index (χ0) is 20.5. The average molecular weight is 390 g/mol. The highest BCUT2D eigenvalue weighted by Crippen LogP contribution is 2.41. The van der Waals surface area contributed by atoms with E-state index in [9.17, 15) is 23.5 Å². The summed E-state index contributed by atoms with van der Waals surface area (Å²) in [5.41, 5.74) is -0.362. The van der Waals surface area contributed by atoms with Crippen LogP contribution in [-0.4, -0.2) is 18.3 Å². The zero-order valence-corrected chi connectivity index (χ0v) is 15.5. The van der Waals surface area contributed by atoms with Crippen molar-refractivity contribution in [3.05, 3.63) is 64.7 Å². The summed E-state index contributed by atoms with van der Waals surface area (Å²) in [4.78, 5) is 0. The number of nitrogens with zero attached hydrogens (tertiary/aromatic N) is 1. The maximum Gasteiger partial charge on any atom is 0.416 e. The SMILES string of the molecule is COc1ccc([C@@H]2CC(O)(c3ccc(C(F)(F)F)cc3)C[C@H](C)N2)cc1C#N. The van der Waals surface area contributed by atoms with E-state index in [1.807, 2.05) is 13.0 Å². The molecule has 28 heavy (non-hydrogen) atoms. The van der Waals surface area contributed by atoms with Crippen LogP contribution < -0.4 is 10.1 Å². The molecule has 148 valence electrons. The number of nitriles is 1. The van der Waals surface area contributed by atoms with Crippen molar-refractivity contribution in [1.29, 1.82) is 5.26 Å². The molecule has 0 bridgehead atoms. The van der Waals surface area contributed by atoms with Crippen molar-refractivity contribution in [2.75, 3.05) is 7.11 Å². The first-order valence-electron chi connectivity index (χ1n) is 8.90. The number of alkyl halides is 3. The number of halogens is 3. The third-order valence-electron chi connectivity index (χ3n) is 5.17. The highest BCUT2D eigenvalue weighted by molar-refractivity contribution is 5.46. The Kier molecular flexibility index (Phi) is 5.37. The lowest BCUT2D eigenvalue weighted by Crippen LogP contribution is -2.46. The Morgan fingerprint density at radius 3 is 2.43 bits per heavy atom. The van der Waals surface area contributed by atoms with Crippen molar-refractivity contribution < 1.29 is 23.0 Å². The van der Waals surface area contributed by atoms with Gasteiger partial charge in [0.05, 0.1) is 23.8 Å². The second-order valence-corrected chi connectivity index (χ2v) is 7.21. The molecule has 0 saturated carbocycles. The molecule has 4 nitrogen and oxygen atoms in total. The van der Waals surface area contributed by atoms with Gasteiger partial charge in [0.2, 0.25) is 0 Å². The Morgan fingerprint density at radius 2 is 1.86 bits per heavy atom. The standard InChI is InChI=1S/C21H21F3N2O2/c1-13-10-20(27,16-4-6-17(7-5-16)21(22,23)24)11-18(26-13)14-3-8-19(28-2)15(9-14)12-25/h3-9,13,18,26-27H,10-11H2,1-2H3/t13-,18-,20?/m0/s1. The molecule has 1 aliphatic rings. The second-order valence-electron chi connectivity index (χ2n) is 7.21. The Balaban J connectivity index is 1.91. The van der Waals surface area contributed by atoms with E-state index in [2.05, 4.69) is 11.4 Å². The van der Waals surface area contributed by atoms with E-state index in [0.717, 1.165) is 17.7 Å². The van der Waals surface area contributed by atoms with Crippen LogP contribution in [0.5, 0.6) is 5.75 Å². The van der Waals surface area contributed by atoms with Crippen LogP contribution in [0.1, 0.15) is 48.1 Å². The quantitative estimate of drug-likeness (QED) is 0.821. The Bertz CT molecular complexity index is 890. The average Bonchev–Trinajstić information content (AvgIpc) is 2.66. The lowest BCUT2D eigenvalue weighted by Gasteiger charge is -2.41. The van der Waals surface area contributed by atoms with Gasteiger partial charge in [-0.15, -0.1) is 0 Å². The molecule has 2 N–H and O–H groups in total. The van der Waals surface area contributed by atoms with Gasteiger partial charge in [-0.1, -0.05) is 18.2 Å². The fourth-order valence-corrected chi connectivity index (χ4v) is 3.84. The van der Waals surface area contributed by atoms with E-state index in [4.69, 9.17) is 4.74 Å². The smallest absolute Gasteiger partial charge is 0.416 e. The first-order chi connectivity index (χ1) is 13.2. The first kappa shape index (κ1) is 20.2. The third kappa shape index (κ3) is 3.98. The lowest BCUT2D eigenvalue weighted by atomic mass is 9.77. The molecule has 1 saturated heterocycles. The van der Waals surface area contributed by atoms with Crippen molar-refractivity contribution in [2.45, 2.75) is 43.6 Å². The third-order valence-corrected chi connectivity index (χ3v) is 5.17. The number of hydrogen-bond donors (Lipinski definition) is 2. The minimum absolute atomic E-state index is 0.0707. The molecular formula is C21H21F3N2O2. The van der Waals surface area contributed by atoms with E-state index < -0.39 is 17.3 Å². The molecule has 0 aliphatic carbocycles. The molecule has 3 rings (SSSR count). The monoisotopic (exact) mass is 390 g/mol. The molecule has 1 aliphatic heterocycles. The molecule has 0 aromatic heterocycles. The number of aliphatic hydroxyl groups is 1. The van der Waals surface area contributed by atoms with Crippen LogP contribution in [-0.2, 0) is 11.8 Å². The van der Waals surface area contributed by atoms with E-state index in [-0.39, 0.29) is 18.5 Å². The fraction of sp³-hybridized carbons (Fsp3) is 0.381. The van der Waals surface area contributed by atoms with Crippen LogP contribution in [0.4, 0.5) is 13.2 Å². The summed E-state index contributed by atoms with van der Waals surface area (Å²) < 4.78 is 43.6. The lowest BCUT2D eigenvalue weighted by molar-refractivity contribution is -0.137. The van der Waals surface area contributed by atoms with Crippen molar-refractivity contribution in [3.8, 4) is 11.8 Å². The van der Waals surface area contributed by atoms with Gasteiger partial charge < -0.3 is 15.2 Å². The van der Waals surface area contributed by atoms with Crippen molar-refractivity contribution in [3.63, 3.8) is 0 Å². The van der Waals surface area contributed by atoms with Gasteiger partial charge in [-0.05, 0) is 55.2 Å². The van der Waals surface area contributed by atoms with Crippen LogP contribution in [0.3, 0.4) is 0 Å². The van der Waals surface area contributed by atoms with Gasteiger partial charge in [0, 0.05) is 12.1 Å². The Morgan fingerprint density at radius 1 is 1.18 bits per heavy atom. The summed E-state index contributed by atoms with van der Waals surface area (Å²) in [7, 11) is 1.49. The second kappa shape index (κ2) is 7.46. The maximum absolute atomic E-state index is 12.8. The molecule has 7 heteroatoms. The topological polar surface area (TPSA) is 65.3 Å². The predicted octanol–water partition coefficient (Wildman–Crippen LogP) is 4.29. The maximum atomic E-state index is 12.8. The Hall–Kier alpha value is -2.56. The summed E-state index contributed by atoms with van der Waals surface area (Å²) in [5.74, 6) is 0.466. The predicted molar refractivity (Wildman–Crippen MR) is 97.6 cm³/mol. The minimum Gasteiger partial charge on any atom is -0.495 e. The molecule has 0 amide bonds. The van der Waals surface area contributed by atoms with Crippen LogP contribution in [0.25, 0.3) is 0 Å². The van der Waals surface area contributed by atoms with Crippen molar-refractivity contribution in [1.82, 2.24) is 5.32 Å². The summed E-state index contributed by atoms with van der Waals surface area (Å²) >= 11 is 0. The van der Waals surface area contributed by atoms with E-state index in [1.165, 1.54) is 19.2 Å². The van der Waals surface area contributed by atoms with Crippen LogP contribution in [0.2, 0.25) is 0 Å². The molecule has 1 unspecified atom stereocenters. The number of hydrogen-bond acceptors (Lipinski definition) is 4. The molecule has 2 aromatic carbocycles. The molecule has 0 radical (unpaired) electrons. The number of piperidine rings is 1. The molecule has 3 atom stereocenters. The normalized spacial score (nSPS) is 25.2. The van der Waals surface area contributed by atoms with Crippen molar-refractivity contribution >= 4 is 0 Å². The zero-order valence-electron chi connectivity index (χ0n) is 15.5.